The summed E-state index contributed by atoms with van der Waals surface area (Å²) in [7, 11) is 3.19. The first-order valence-corrected chi connectivity index (χ1v) is 9.84. The Labute approximate surface area is 181 Å². The van der Waals surface area contributed by atoms with Crippen LogP contribution in [0, 0.1) is 10.1 Å². The molecule has 0 aliphatic carbocycles. The van der Waals surface area contributed by atoms with Crippen molar-refractivity contribution < 1.29 is 4.92 Å². The average molecular weight is 438 g/mol. The standard InChI is InChI=1S/C20H27N5O4.ClH/c1-21-18(15-19(26)22(2)20(21)27)24-13-11-23(12-14-24)10-4-3-5-16-6-8-17(9-7-16)25(28)29;/h6-9,15H,3-5,10-14H2,1-2H3;1H. The lowest BCUT2D eigenvalue weighted by molar-refractivity contribution is -0.384. The van der Waals surface area contributed by atoms with E-state index in [1.807, 2.05) is 12.1 Å². The fourth-order valence-corrected chi connectivity index (χ4v) is 3.67. The Kier molecular flexibility index (Phi) is 8.19. The molecule has 0 bridgehead atoms. The molecule has 0 N–H and O–H groups in total. The third-order valence-corrected chi connectivity index (χ3v) is 5.53. The van der Waals surface area contributed by atoms with Gasteiger partial charge in [0.15, 0.2) is 0 Å². The van der Waals surface area contributed by atoms with Crippen molar-refractivity contribution in [2.75, 3.05) is 37.6 Å². The summed E-state index contributed by atoms with van der Waals surface area (Å²) in [6.07, 6.45) is 3.00. The van der Waals surface area contributed by atoms with E-state index in [1.54, 1.807) is 19.2 Å². The molecule has 0 radical (unpaired) electrons. The third kappa shape index (κ3) is 5.48. The van der Waals surface area contributed by atoms with Crippen molar-refractivity contribution in [3.05, 3.63) is 66.8 Å². The van der Waals surface area contributed by atoms with Crippen LogP contribution < -0.4 is 16.1 Å². The van der Waals surface area contributed by atoms with E-state index >= 15 is 0 Å². The van der Waals surface area contributed by atoms with Crippen LogP contribution in [0.15, 0.2) is 39.9 Å². The van der Waals surface area contributed by atoms with Gasteiger partial charge in [0.2, 0.25) is 0 Å². The topological polar surface area (TPSA) is 93.6 Å². The van der Waals surface area contributed by atoms with Gasteiger partial charge in [0.1, 0.15) is 5.82 Å². The number of aryl methyl sites for hydroxylation is 1. The Morgan fingerprint density at radius 1 is 0.967 bits per heavy atom. The zero-order chi connectivity index (χ0) is 21.0. The molecule has 0 atom stereocenters. The molecule has 1 aromatic heterocycles. The van der Waals surface area contributed by atoms with Gasteiger partial charge < -0.3 is 4.90 Å². The summed E-state index contributed by atoms with van der Waals surface area (Å²) < 4.78 is 2.64. The molecular weight excluding hydrogens is 410 g/mol. The highest BCUT2D eigenvalue weighted by atomic mass is 35.5. The number of anilines is 1. The van der Waals surface area contributed by atoms with Crippen LogP contribution in [0.2, 0.25) is 0 Å². The summed E-state index contributed by atoms with van der Waals surface area (Å²) in [4.78, 5) is 38.9. The minimum absolute atomic E-state index is 0. The molecule has 2 heterocycles. The van der Waals surface area contributed by atoms with Gasteiger partial charge in [-0.2, -0.15) is 0 Å². The van der Waals surface area contributed by atoms with Crippen molar-refractivity contribution in [1.82, 2.24) is 14.0 Å². The van der Waals surface area contributed by atoms with Crippen LogP contribution in [-0.4, -0.2) is 51.7 Å². The monoisotopic (exact) mass is 437 g/mol. The van der Waals surface area contributed by atoms with Crippen LogP contribution in [0.3, 0.4) is 0 Å². The average Bonchev–Trinajstić information content (AvgIpc) is 2.73. The number of nitro benzene ring substituents is 1. The molecule has 1 aliphatic heterocycles. The molecule has 1 fully saturated rings. The molecule has 0 saturated carbocycles. The SMILES string of the molecule is Cl.Cn1c(N2CCN(CCCCc3ccc([N+](=O)[O-])cc3)CC2)cc(=O)n(C)c1=O. The van der Waals surface area contributed by atoms with Crippen LogP contribution >= 0.6 is 12.4 Å². The molecule has 1 aromatic carbocycles. The van der Waals surface area contributed by atoms with Crippen LogP contribution in [0.5, 0.6) is 0 Å². The Morgan fingerprint density at radius 3 is 2.20 bits per heavy atom. The number of nitrogens with zero attached hydrogens (tertiary/aromatic N) is 5. The van der Waals surface area contributed by atoms with Crippen LogP contribution in [0.1, 0.15) is 18.4 Å². The molecule has 30 heavy (non-hydrogen) atoms. The fourth-order valence-electron chi connectivity index (χ4n) is 3.67. The van der Waals surface area contributed by atoms with Gasteiger partial charge in [-0.05, 0) is 31.4 Å². The second-order valence-electron chi connectivity index (χ2n) is 7.45. The van der Waals surface area contributed by atoms with E-state index < -0.39 is 0 Å². The lowest BCUT2D eigenvalue weighted by Gasteiger charge is -2.36. The quantitative estimate of drug-likeness (QED) is 0.370. The highest BCUT2D eigenvalue weighted by Gasteiger charge is 2.20. The molecule has 0 unspecified atom stereocenters. The molecule has 10 heteroatoms. The highest BCUT2D eigenvalue weighted by molar-refractivity contribution is 5.85. The minimum Gasteiger partial charge on any atom is -0.355 e. The smallest absolute Gasteiger partial charge is 0.332 e. The van der Waals surface area contributed by atoms with Gasteiger partial charge in [0, 0.05) is 58.5 Å². The Hall–Kier alpha value is -2.65. The Morgan fingerprint density at radius 2 is 1.60 bits per heavy atom. The molecule has 3 rings (SSSR count). The summed E-state index contributed by atoms with van der Waals surface area (Å²) >= 11 is 0. The number of rotatable bonds is 7. The van der Waals surface area contributed by atoms with E-state index in [-0.39, 0.29) is 34.3 Å². The lowest BCUT2D eigenvalue weighted by Crippen LogP contribution is -2.49. The largest absolute Gasteiger partial charge is 0.355 e. The number of aromatic nitrogens is 2. The van der Waals surface area contributed by atoms with Crippen molar-refractivity contribution in [2.24, 2.45) is 14.1 Å². The molecule has 164 valence electrons. The fraction of sp³-hybridized carbons (Fsp3) is 0.500. The zero-order valence-electron chi connectivity index (χ0n) is 17.3. The van der Waals surface area contributed by atoms with Crippen molar-refractivity contribution in [2.45, 2.75) is 19.3 Å². The summed E-state index contributed by atoms with van der Waals surface area (Å²) in [6, 6.07) is 8.29. The summed E-state index contributed by atoms with van der Waals surface area (Å²) in [5, 5.41) is 10.7. The van der Waals surface area contributed by atoms with E-state index in [9.17, 15) is 19.7 Å². The number of piperazine rings is 1. The second-order valence-corrected chi connectivity index (χ2v) is 7.45. The summed E-state index contributed by atoms with van der Waals surface area (Å²) in [5.41, 5.74) is 0.658. The van der Waals surface area contributed by atoms with Crippen molar-refractivity contribution in [3.63, 3.8) is 0 Å². The number of nitro groups is 1. The van der Waals surface area contributed by atoms with E-state index in [4.69, 9.17) is 0 Å². The number of benzene rings is 1. The van der Waals surface area contributed by atoms with Gasteiger partial charge in [-0.3, -0.25) is 28.9 Å². The van der Waals surface area contributed by atoms with Gasteiger partial charge >= 0.3 is 5.69 Å². The maximum Gasteiger partial charge on any atom is 0.332 e. The molecule has 9 nitrogen and oxygen atoms in total. The van der Waals surface area contributed by atoms with Crippen molar-refractivity contribution >= 4 is 23.9 Å². The molecule has 2 aromatic rings. The lowest BCUT2D eigenvalue weighted by atomic mass is 10.1. The first-order valence-electron chi connectivity index (χ1n) is 9.84. The maximum absolute atomic E-state index is 12.1. The predicted molar refractivity (Wildman–Crippen MR) is 119 cm³/mol. The zero-order valence-corrected chi connectivity index (χ0v) is 18.1. The number of hydrogen-bond donors (Lipinski definition) is 0. The van der Waals surface area contributed by atoms with E-state index in [2.05, 4.69) is 9.80 Å². The van der Waals surface area contributed by atoms with Crippen LogP contribution in [-0.2, 0) is 20.5 Å². The summed E-state index contributed by atoms with van der Waals surface area (Å²) in [6.45, 7) is 4.34. The Balaban J connectivity index is 0.00000320. The molecule has 1 saturated heterocycles. The second kappa shape index (κ2) is 10.4. The number of halogens is 1. The van der Waals surface area contributed by atoms with Crippen molar-refractivity contribution in [3.8, 4) is 0 Å². The van der Waals surface area contributed by atoms with Gasteiger partial charge in [-0.15, -0.1) is 12.4 Å². The number of hydrogen-bond acceptors (Lipinski definition) is 6. The van der Waals surface area contributed by atoms with E-state index in [0.717, 1.165) is 62.1 Å². The van der Waals surface area contributed by atoms with E-state index in [1.165, 1.54) is 17.7 Å². The van der Waals surface area contributed by atoms with Crippen molar-refractivity contribution in [1.29, 1.82) is 0 Å². The minimum atomic E-state index is -0.380. The van der Waals surface area contributed by atoms with Gasteiger partial charge in [-0.25, -0.2) is 4.79 Å². The molecule has 0 spiro atoms. The first-order chi connectivity index (χ1) is 13.9. The van der Waals surface area contributed by atoms with Gasteiger partial charge in [0.25, 0.3) is 11.2 Å². The number of non-ortho nitro benzene ring substituents is 1. The molecule has 1 aliphatic rings. The molecular formula is C20H28ClN5O4. The Bertz CT molecular complexity index is 978. The van der Waals surface area contributed by atoms with E-state index in [0.29, 0.717) is 5.82 Å². The van der Waals surface area contributed by atoms with Crippen LogP contribution in [0.25, 0.3) is 0 Å². The van der Waals surface area contributed by atoms with Crippen LogP contribution in [0.4, 0.5) is 11.5 Å². The first kappa shape index (κ1) is 23.6. The predicted octanol–water partition coefficient (Wildman–Crippen LogP) is 1.56. The van der Waals surface area contributed by atoms with Gasteiger partial charge in [-0.1, -0.05) is 12.1 Å². The number of unbranched alkanes of at least 4 members (excludes halogenated alkanes) is 1. The third-order valence-electron chi connectivity index (χ3n) is 5.53. The molecule has 0 amide bonds. The summed E-state index contributed by atoms with van der Waals surface area (Å²) in [5.74, 6) is 0.677. The van der Waals surface area contributed by atoms with Gasteiger partial charge in [0.05, 0.1) is 4.92 Å². The maximum atomic E-state index is 12.1. The normalized spacial score (nSPS) is 14.4. The highest BCUT2D eigenvalue weighted by Crippen LogP contribution is 2.15.